The molecule has 0 aliphatic rings. The molecule has 0 saturated carbocycles. The molecular weight excluding hydrogens is 470 g/mol. The number of halogens is 1. The molecule has 1 atom stereocenters. The highest BCUT2D eigenvalue weighted by Crippen LogP contribution is 2.17. The number of carbonyl (C=O) groups excluding carboxylic acids is 3. The first kappa shape index (κ1) is 26.3. The summed E-state index contributed by atoms with van der Waals surface area (Å²) < 4.78 is 31.4. The van der Waals surface area contributed by atoms with E-state index in [1.165, 1.54) is 35.5 Å². The molecule has 11 heteroatoms. The van der Waals surface area contributed by atoms with Gasteiger partial charge in [-0.25, -0.2) is 8.42 Å². The molecule has 33 heavy (non-hydrogen) atoms. The smallest absolute Gasteiger partial charge is 0.326 e. The van der Waals surface area contributed by atoms with Crippen LogP contribution in [0.3, 0.4) is 0 Å². The van der Waals surface area contributed by atoms with Gasteiger partial charge in [-0.2, -0.15) is 4.31 Å². The highest BCUT2D eigenvalue weighted by molar-refractivity contribution is 7.89. The molecule has 0 aromatic heterocycles. The minimum Gasteiger partial charge on any atom is -0.451 e. The van der Waals surface area contributed by atoms with Crippen LogP contribution in [0.4, 0.5) is 5.69 Å². The zero-order valence-electron chi connectivity index (χ0n) is 18.5. The standard InChI is InChI=1S/C22H26ClN3O6S/c1-4-26(5-2)33(30,31)19-11-9-16(10-12-19)22(29)24-14-20(27)32-15(3)21(28)25-18-8-6-7-17(23)13-18/h6-13,15H,4-5,14H2,1-3H3,(H,24,29)(H,25,28). The third kappa shape index (κ3) is 7.28. The van der Waals surface area contributed by atoms with E-state index in [9.17, 15) is 22.8 Å². The van der Waals surface area contributed by atoms with Crippen molar-refractivity contribution >= 4 is 45.1 Å². The van der Waals surface area contributed by atoms with E-state index in [0.717, 1.165) is 0 Å². The van der Waals surface area contributed by atoms with E-state index in [0.29, 0.717) is 23.8 Å². The SMILES string of the molecule is CCN(CC)S(=O)(=O)c1ccc(C(=O)NCC(=O)OC(C)C(=O)Nc2cccc(Cl)c2)cc1. The topological polar surface area (TPSA) is 122 Å². The van der Waals surface area contributed by atoms with Crippen LogP contribution in [-0.4, -0.2) is 56.2 Å². The van der Waals surface area contributed by atoms with Crippen LogP contribution in [0.25, 0.3) is 0 Å². The van der Waals surface area contributed by atoms with Gasteiger partial charge in [0.25, 0.3) is 11.8 Å². The fourth-order valence-corrected chi connectivity index (χ4v) is 4.50. The van der Waals surface area contributed by atoms with Gasteiger partial charge in [-0.1, -0.05) is 31.5 Å². The summed E-state index contributed by atoms with van der Waals surface area (Å²) in [7, 11) is -3.63. The summed E-state index contributed by atoms with van der Waals surface area (Å²) in [4.78, 5) is 36.5. The van der Waals surface area contributed by atoms with Crippen molar-refractivity contribution in [2.75, 3.05) is 25.0 Å². The molecule has 0 aliphatic heterocycles. The Kier molecular flexibility index (Phi) is 9.39. The molecular formula is C22H26ClN3O6S. The second-order valence-corrected chi connectivity index (χ2v) is 9.30. The molecule has 178 valence electrons. The Labute approximate surface area is 198 Å². The van der Waals surface area contributed by atoms with Crippen LogP contribution in [0.5, 0.6) is 0 Å². The molecule has 9 nitrogen and oxygen atoms in total. The highest BCUT2D eigenvalue weighted by Gasteiger charge is 2.22. The lowest BCUT2D eigenvalue weighted by atomic mass is 10.2. The number of nitrogens with zero attached hydrogens (tertiary/aromatic N) is 1. The maximum Gasteiger partial charge on any atom is 0.326 e. The Balaban J connectivity index is 1.88. The van der Waals surface area contributed by atoms with Gasteiger partial charge >= 0.3 is 5.97 Å². The predicted molar refractivity (Wildman–Crippen MR) is 125 cm³/mol. The number of carbonyl (C=O) groups is 3. The lowest BCUT2D eigenvalue weighted by Gasteiger charge is -2.18. The number of sulfonamides is 1. The second kappa shape index (κ2) is 11.8. The van der Waals surface area contributed by atoms with Crippen LogP contribution in [0.2, 0.25) is 5.02 Å². The van der Waals surface area contributed by atoms with Crippen LogP contribution < -0.4 is 10.6 Å². The summed E-state index contributed by atoms with van der Waals surface area (Å²) in [5.41, 5.74) is 0.628. The van der Waals surface area contributed by atoms with Gasteiger partial charge in [-0.3, -0.25) is 14.4 Å². The van der Waals surface area contributed by atoms with Gasteiger partial charge in [-0.05, 0) is 49.4 Å². The number of hydrogen-bond acceptors (Lipinski definition) is 6. The number of benzene rings is 2. The van der Waals surface area contributed by atoms with E-state index in [4.69, 9.17) is 16.3 Å². The molecule has 2 aromatic rings. The molecule has 2 rings (SSSR count). The van der Waals surface area contributed by atoms with Gasteiger partial charge in [0.1, 0.15) is 6.54 Å². The van der Waals surface area contributed by atoms with Crippen molar-refractivity contribution in [2.45, 2.75) is 31.8 Å². The number of nitrogens with one attached hydrogen (secondary N) is 2. The van der Waals surface area contributed by atoms with Crippen LogP contribution in [-0.2, 0) is 24.3 Å². The third-order valence-electron chi connectivity index (χ3n) is 4.62. The van der Waals surface area contributed by atoms with Crippen molar-refractivity contribution < 1.29 is 27.5 Å². The maximum atomic E-state index is 12.5. The Hall–Kier alpha value is -2.95. The summed E-state index contributed by atoms with van der Waals surface area (Å²) in [6, 6.07) is 11.9. The number of anilines is 1. The average Bonchev–Trinajstić information content (AvgIpc) is 2.78. The van der Waals surface area contributed by atoms with Gasteiger partial charge in [0.15, 0.2) is 6.10 Å². The Morgan fingerprint density at radius 1 is 1.06 bits per heavy atom. The van der Waals surface area contributed by atoms with Crippen LogP contribution in [0.1, 0.15) is 31.1 Å². The molecule has 0 bridgehead atoms. The maximum absolute atomic E-state index is 12.5. The van der Waals surface area contributed by atoms with Crippen molar-refractivity contribution in [1.29, 1.82) is 0 Å². The van der Waals surface area contributed by atoms with E-state index in [1.807, 2.05) is 0 Å². The largest absolute Gasteiger partial charge is 0.451 e. The summed E-state index contributed by atoms with van der Waals surface area (Å²) in [5.74, 6) is -1.95. The van der Waals surface area contributed by atoms with E-state index in [-0.39, 0.29) is 10.5 Å². The summed E-state index contributed by atoms with van der Waals surface area (Å²) in [5, 5.41) is 5.40. The molecule has 2 amide bonds. The summed E-state index contributed by atoms with van der Waals surface area (Å²) >= 11 is 5.86. The van der Waals surface area contributed by atoms with E-state index in [1.54, 1.807) is 38.1 Å². The third-order valence-corrected chi connectivity index (χ3v) is 6.92. The number of hydrogen-bond donors (Lipinski definition) is 2. The molecule has 1 unspecified atom stereocenters. The number of amides is 2. The average molecular weight is 496 g/mol. The quantitative estimate of drug-likeness (QED) is 0.489. The zero-order valence-corrected chi connectivity index (χ0v) is 20.1. The van der Waals surface area contributed by atoms with Gasteiger partial charge in [0, 0.05) is 29.4 Å². The molecule has 0 fully saturated rings. The Morgan fingerprint density at radius 2 is 1.70 bits per heavy atom. The highest BCUT2D eigenvalue weighted by atomic mass is 35.5. The second-order valence-electron chi connectivity index (χ2n) is 6.93. The normalized spacial score (nSPS) is 12.2. The molecule has 0 heterocycles. The number of ether oxygens (including phenoxy) is 1. The van der Waals surface area contributed by atoms with Crippen molar-refractivity contribution in [3.8, 4) is 0 Å². The van der Waals surface area contributed by atoms with Crippen molar-refractivity contribution in [3.05, 3.63) is 59.1 Å². The van der Waals surface area contributed by atoms with Crippen molar-refractivity contribution in [3.63, 3.8) is 0 Å². The summed E-state index contributed by atoms with van der Waals surface area (Å²) in [6.07, 6.45) is -1.10. The molecule has 2 aromatic carbocycles. The fourth-order valence-electron chi connectivity index (χ4n) is 2.85. The minimum atomic E-state index is -3.63. The number of esters is 1. The predicted octanol–water partition coefficient (Wildman–Crippen LogP) is 2.67. The molecule has 0 radical (unpaired) electrons. The van der Waals surface area contributed by atoms with Crippen molar-refractivity contribution in [2.24, 2.45) is 0 Å². The van der Waals surface area contributed by atoms with Crippen molar-refractivity contribution in [1.82, 2.24) is 9.62 Å². The van der Waals surface area contributed by atoms with Crippen LogP contribution >= 0.6 is 11.6 Å². The van der Waals surface area contributed by atoms with Gasteiger partial charge in [-0.15, -0.1) is 0 Å². The minimum absolute atomic E-state index is 0.0710. The first-order chi connectivity index (χ1) is 15.6. The van der Waals surface area contributed by atoms with Crippen LogP contribution in [0, 0.1) is 0 Å². The lowest BCUT2D eigenvalue weighted by Crippen LogP contribution is -2.35. The zero-order chi connectivity index (χ0) is 24.6. The number of rotatable bonds is 10. The van der Waals surface area contributed by atoms with E-state index in [2.05, 4.69) is 10.6 Å². The Morgan fingerprint density at radius 3 is 2.27 bits per heavy atom. The van der Waals surface area contributed by atoms with Gasteiger partial charge in [0.05, 0.1) is 4.90 Å². The molecule has 0 spiro atoms. The van der Waals surface area contributed by atoms with Gasteiger partial charge < -0.3 is 15.4 Å². The molecule has 0 aliphatic carbocycles. The van der Waals surface area contributed by atoms with Crippen LogP contribution in [0.15, 0.2) is 53.4 Å². The molecule has 2 N–H and O–H groups in total. The van der Waals surface area contributed by atoms with Gasteiger partial charge in [0.2, 0.25) is 10.0 Å². The lowest BCUT2D eigenvalue weighted by molar-refractivity contribution is -0.152. The first-order valence-corrected chi connectivity index (χ1v) is 12.0. The Bertz CT molecular complexity index is 1100. The molecule has 0 saturated heterocycles. The van der Waals surface area contributed by atoms with E-state index >= 15 is 0 Å². The fraction of sp³-hybridized carbons (Fsp3) is 0.318. The summed E-state index contributed by atoms with van der Waals surface area (Å²) in [6.45, 7) is 5.08. The first-order valence-electron chi connectivity index (χ1n) is 10.2. The van der Waals surface area contributed by atoms with E-state index < -0.39 is 40.5 Å². The monoisotopic (exact) mass is 495 g/mol.